The van der Waals surface area contributed by atoms with E-state index in [1.807, 2.05) is 27.7 Å². The van der Waals surface area contributed by atoms with Gasteiger partial charge in [0.2, 0.25) is 0 Å². The van der Waals surface area contributed by atoms with Gasteiger partial charge in [-0.25, -0.2) is 0 Å². The van der Waals surface area contributed by atoms with Crippen molar-refractivity contribution < 1.29 is 24.1 Å². The molecule has 0 spiro atoms. The van der Waals surface area contributed by atoms with Gasteiger partial charge in [-0.15, -0.1) is 0 Å². The molecule has 5 nitrogen and oxygen atoms in total. The van der Waals surface area contributed by atoms with Crippen molar-refractivity contribution in [3.05, 3.63) is 40.1 Å². The molecule has 0 radical (unpaired) electrons. The second-order valence-electron chi connectivity index (χ2n) is 8.12. The molecule has 4 atom stereocenters. The minimum atomic E-state index is -0.625. The molecule has 3 aliphatic rings. The molecule has 1 aromatic rings. The van der Waals surface area contributed by atoms with Gasteiger partial charge >= 0.3 is 0 Å². The Hall–Kier alpha value is -1.69. The molecule has 146 valence electrons. The normalized spacial score (nSPS) is 31.9. The smallest absolute Gasteiger partial charge is 0.173 e. The highest BCUT2D eigenvalue weighted by Gasteiger charge is 2.66. The van der Waals surface area contributed by atoms with E-state index in [1.54, 1.807) is 0 Å². The number of Topliss-reactive ketones (excluding diaryl/α,β-unsaturated/α-hetero) is 1. The first-order chi connectivity index (χ1) is 12.9. The Kier molecular flexibility index (Phi) is 4.65. The summed E-state index contributed by atoms with van der Waals surface area (Å²) in [7, 11) is 0. The van der Waals surface area contributed by atoms with Crippen LogP contribution in [0, 0.1) is 32.6 Å². The van der Waals surface area contributed by atoms with E-state index in [9.17, 15) is 9.90 Å². The fourth-order valence-electron chi connectivity index (χ4n) is 5.40. The first-order valence-corrected chi connectivity index (χ1v) is 9.78. The third-order valence-corrected chi connectivity index (χ3v) is 6.31. The zero-order chi connectivity index (χ0) is 19.3. The number of aryl methyl sites for hydroxylation is 3. The van der Waals surface area contributed by atoms with Gasteiger partial charge in [0, 0.05) is 6.61 Å². The molecule has 2 heterocycles. The lowest BCUT2D eigenvalue weighted by atomic mass is 9.73. The number of ether oxygens (including phenoxy) is 3. The molecular formula is C22H28O5. The van der Waals surface area contributed by atoms with Gasteiger partial charge in [-0.05, 0) is 57.2 Å². The van der Waals surface area contributed by atoms with Crippen molar-refractivity contribution in [2.45, 2.75) is 52.2 Å². The van der Waals surface area contributed by atoms with E-state index < -0.39 is 5.60 Å². The molecule has 1 aromatic carbocycles. The van der Waals surface area contributed by atoms with Crippen molar-refractivity contribution in [1.29, 1.82) is 0 Å². The quantitative estimate of drug-likeness (QED) is 0.610. The summed E-state index contributed by atoms with van der Waals surface area (Å²) in [5.41, 5.74) is 3.95. The number of hydrogen-bond donors (Lipinski definition) is 1. The van der Waals surface area contributed by atoms with E-state index >= 15 is 0 Å². The van der Waals surface area contributed by atoms with Gasteiger partial charge in [-0.3, -0.25) is 4.79 Å². The van der Waals surface area contributed by atoms with Crippen LogP contribution in [0.25, 0.3) is 5.57 Å². The maximum Gasteiger partial charge on any atom is 0.173 e. The highest BCUT2D eigenvalue weighted by atomic mass is 16.7. The highest BCUT2D eigenvalue weighted by molar-refractivity contribution is 6.26. The van der Waals surface area contributed by atoms with Gasteiger partial charge in [0.05, 0.1) is 30.1 Å². The van der Waals surface area contributed by atoms with Crippen LogP contribution in [-0.2, 0) is 19.0 Å². The molecule has 27 heavy (non-hydrogen) atoms. The fourth-order valence-corrected chi connectivity index (χ4v) is 5.40. The summed E-state index contributed by atoms with van der Waals surface area (Å²) in [6.45, 7) is 9.08. The predicted molar refractivity (Wildman–Crippen MR) is 101 cm³/mol. The second kappa shape index (κ2) is 6.73. The van der Waals surface area contributed by atoms with Crippen LogP contribution in [0.5, 0.6) is 0 Å². The van der Waals surface area contributed by atoms with Crippen molar-refractivity contribution in [2.75, 3.05) is 20.0 Å². The van der Waals surface area contributed by atoms with Crippen LogP contribution in [0.3, 0.4) is 0 Å². The van der Waals surface area contributed by atoms with E-state index in [4.69, 9.17) is 14.2 Å². The predicted octanol–water partition coefficient (Wildman–Crippen LogP) is 3.64. The lowest BCUT2D eigenvalue weighted by Gasteiger charge is -2.32. The Labute approximate surface area is 160 Å². The van der Waals surface area contributed by atoms with Crippen LogP contribution in [0.4, 0.5) is 0 Å². The minimum absolute atomic E-state index is 0.0175. The molecule has 2 aliphatic heterocycles. The van der Waals surface area contributed by atoms with Crippen LogP contribution in [0.15, 0.2) is 17.9 Å². The average Bonchev–Trinajstić information content (AvgIpc) is 3.24. The van der Waals surface area contributed by atoms with Gasteiger partial charge in [0.1, 0.15) is 18.2 Å². The van der Waals surface area contributed by atoms with E-state index in [2.05, 4.69) is 12.1 Å². The van der Waals surface area contributed by atoms with Gasteiger partial charge in [-0.2, -0.15) is 0 Å². The van der Waals surface area contributed by atoms with Gasteiger partial charge in [0.25, 0.3) is 0 Å². The van der Waals surface area contributed by atoms with Gasteiger partial charge in [0.15, 0.2) is 5.78 Å². The molecule has 2 bridgehead atoms. The second-order valence-corrected chi connectivity index (χ2v) is 8.12. The number of allylic oxidation sites excluding steroid dienone is 1. The molecule has 2 fully saturated rings. The third kappa shape index (κ3) is 2.75. The minimum Gasteiger partial charge on any atom is -0.511 e. The molecule has 0 aromatic heterocycles. The third-order valence-electron chi connectivity index (χ3n) is 6.31. The van der Waals surface area contributed by atoms with Crippen LogP contribution >= 0.6 is 0 Å². The van der Waals surface area contributed by atoms with Crippen LogP contribution in [0.1, 0.15) is 42.0 Å². The Balaban J connectivity index is 1.71. The molecule has 0 saturated carbocycles. The Bertz CT molecular complexity index is 788. The number of fused-ring (bicyclic) bond motifs is 5. The van der Waals surface area contributed by atoms with E-state index in [-0.39, 0.29) is 36.3 Å². The van der Waals surface area contributed by atoms with Crippen LogP contribution in [-0.4, -0.2) is 42.6 Å². The van der Waals surface area contributed by atoms with Crippen molar-refractivity contribution in [2.24, 2.45) is 11.8 Å². The lowest BCUT2D eigenvalue weighted by Crippen LogP contribution is -2.42. The fraction of sp³-hybridized carbons (Fsp3) is 0.591. The van der Waals surface area contributed by atoms with Crippen LogP contribution in [0.2, 0.25) is 0 Å². The average molecular weight is 372 g/mol. The van der Waals surface area contributed by atoms with Gasteiger partial charge in [-0.1, -0.05) is 17.7 Å². The van der Waals surface area contributed by atoms with Crippen molar-refractivity contribution in [3.8, 4) is 0 Å². The maximum absolute atomic E-state index is 13.3. The molecular weight excluding hydrogens is 344 g/mol. The van der Waals surface area contributed by atoms with E-state index in [1.165, 1.54) is 0 Å². The molecule has 4 rings (SSSR count). The largest absolute Gasteiger partial charge is 0.511 e. The number of ketones is 1. The summed E-state index contributed by atoms with van der Waals surface area (Å²) in [5.74, 6) is -0.420. The molecule has 1 aliphatic carbocycles. The Morgan fingerprint density at radius 2 is 1.93 bits per heavy atom. The van der Waals surface area contributed by atoms with Crippen molar-refractivity contribution in [3.63, 3.8) is 0 Å². The summed E-state index contributed by atoms with van der Waals surface area (Å²) in [6, 6.07) is 4.13. The molecule has 5 heteroatoms. The monoisotopic (exact) mass is 372 g/mol. The van der Waals surface area contributed by atoms with Gasteiger partial charge < -0.3 is 19.3 Å². The number of carbonyl (C=O) groups is 1. The summed E-state index contributed by atoms with van der Waals surface area (Å²) < 4.78 is 17.2. The number of rotatable bonds is 6. The van der Waals surface area contributed by atoms with E-state index in [0.717, 1.165) is 35.1 Å². The summed E-state index contributed by atoms with van der Waals surface area (Å²) >= 11 is 0. The topological polar surface area (TPSA) is 65.0 Å². The Morgan fingerprint density at radius 1 is 1.22 bits per heavy atom. The first kappa shape index (κ1) is 18.7. The summed E-state index contributed by atoms with van der Waals surface area (Å²) in [4.78, 5) is 13.3. The lowest BCUT2D eigenvalue weighted by molar-refractivity contribution is -0.121. The van der Waals surface area contributed by atoms with Crippen LogP contribution < -0.4 is 0 Å². The molecule has 1 N–H and O–H groups in total. The highest BCUT2D eigenvalue weighted by Crippen LogP contribution is 2.59. The molecule has 0 amide bonds. The van der Waals surface area contributed by atoms with E-state index in [0.29, 0.717) is 18.8 Å². The van der Waals surface area contributed by atoms with Crippen molar-refractivity contribution >= 4 is 11.4 Å². The first-order valence-electron chi connectivity index (χ1n) is 9.78. The molecule has 0 unspecified atom stereocenters. The zero-order valence-corrected chi connectivity index (χ0v) is 16.5. The maximum atomic E-state index is 13.3. The number of carbonyl (C=O) groups excluding carboxylic acids is 1. The summed E-state index contributed by atoms with van der Waals surface area (Å²) in [6.07, 6.45) is 1.49. The number of aliphatic hydroxyl groups excluding tert-OH is 1. The summed E-state index contributed by atoms with van der Waals surface area (Å²) in [5, 5.41) is 11.2. The standard InChI is InChI=1S/C22H28O5/c1-5-25-11-26-10-22-7-6-15(27-22)17-19(22)21(24)18(20(17)23)16-13(3)8-12(2)9-14(16)4/h8-9,15,17,19,24H,5-7,10-11H2,1-4H3/t15-,17-,19+,22-/m0/s1. The van der Waals surface area contributed by atoms with Crippen molar-refractivity contribution in [1.82, 2.24) is 0 Å². The molecule has 2 saturated heterocycles. The SMILES string of the molecule is CCOCOC[C@]12CC[C@H](O1)[C@@H]1C(=O)C(c3c(C)cc(C)cc3C)=C(O)[C@@H]12. The number of benzene rings is 1. The number of aliphatic hydroxyl groups is 1. The zero-order valence-electron chi connectivity index (χ0n) is 16.5. The Morgan fingerprint density at radius 3 is 2.59 bits per heavy atom. The number of hydrogen-bond acceptors (Lipinski definition) is 5.